The Morgan fingerprint density at radius 2 is 2.20 bits per heavy atom. The van der Waals surface area contributed by atoms with Crippen LogP contribution in [-0.4, -0.2) is 14.9 Å². The van der Waals surface area contributed by atoms with Crippen molar-refractivity contribution in [2.24, 2.45) is 0 Å². The number of nitrogens with one attached hydrogen (secondary N) is 1. The predicted molar refractivity (Wildman–Crippen MR) is 53.8 cm³/mol. The SMILES string of the molecule is Cc1nc2c([N+](=O)[O-])cccc2[nH]c1=O. The van der Waals surface area contributed by atoms with Crippen LogP contribution in [0.5, 0.6) is 0 Å². The van der Waals surface area contributed by atoms with Gasteiger partial charge in [-0.1, -0.05) is 6.07 Å². The number of nitro groups is 1. The quantitative estimate of drug-likeness (QED) is 0.558. The van der Waals surface area contributed by atoms with Crippen molar-refractivity contribution in [3.63, 3.8) is 0 Å². The Morgan fingerprint density at radius 1 is 1.47 bits per heavy atom. The summed E-state index contributed by atoms with van der Waals surface area (Å²) in [4.78, 5) is 27.8. The molecule has 0 aliphatic heterocycles. The van der Waals surface area contributed by atoms with Gasteiger partial charge < -0.3 is 4.98 Å². The Morgan fingerprint density at radius 3 is 2.87 bits per heavy atom. The zero-order valence-electron chi connectivity index (χ0n) is 7.85. The van der Waals surface area contributed by atoms with E-state index in [1.807, 2.05) is 0 Å². The van der Waals surface area contributed by atoms with Crippen LogP contribution in [0.3, 0.4) is 0 Å². The summed E-state index contributed by atoms with van der Waals surface area (Å²) in [5, 5.41) is 10.7. The lowest BCUT2D eigenvalue weighted by Crippen LogP contribution is -2.11. The van der Waals surface area contributed by atoms with E-state index in [4.69, 9.17) is 0 Å². The fourth-order valence-electron chi connectivity index (χ4n) is 1.33. The van der Waals surface area contributed by atoms with Crippen molar-refractivity contribution >= 4 is 16.7 Å². The molecule has 2 rings (SSSR count). The molecule has 0 unspecified atom stereocenters. The summed E-state index contributed by atoms with van der Waals surface area (Å²) in [6, 6.07) is 4.44. The van der Waals surface area contributed by atoms with Gasteiger partial charge in [-0.2, -0.15) is 0 Å². The van der Waals surface area contributed by atoms with E-state index in [9.17, 15) is 14.9 Å². The van der Waals surface area contributed by atoms with E-state index in [0.717, 1.165) is 0 Å². The van der Waals surface area contributed by atoms with Crippen LogP contribution in [0.15, 0.2) is 23.0 Å². The van der Waals surface area contributed by atoms with Crippen molar-refractivity contribution in [1.82, 2.24) is 9.97 Å². The van der Waals surface area contributed by atoms with Gasteiger partial charge in [-0.3, -0.25) is 14.9 Å². The summed E-state index contributed by atoms with van der Waals surface area (Å²) in [5.41, 5.74) is 0.367. The second-order valence-electron chi connectivity index (χ2n) is 3.08. The second-order valence-corrected chi connectivity index (χ2v) is 3.08. The highest BCUT2D eigenvalue weighted by atomic mass is 16.6. The molecule has 6 heteroatoms. The van der Waals surface area contributed by atoms with E-state index < -0.39 is 4.92 Å². The van der Waals surface area contributed by atoms with Crippen LogP contribution < -0.4 is 5.56 Å². The molecule has 0 saturated heterocycles. The Labute approximate surface area is 83.7 Å². The van der Waals surface area contributed by atoms with Gasteiger partial charge >= 0.3 is 0 Å². The van der Waals surface area contributed by atoms with Crippen molar-refractivity contribution in [3.8, 4) is 0 Å². The molecule has 0 atom stereocenters. The number of non-ortho nitro benzene ring substituents is 1. The zero-order valence-corrected chi connectivity index (χ0v) is 7.85. The Kier molecular flexibility index (Phi) is 1.96. The molecule has 0 bridgehead atoms. The van der Waals surface area contributed by atoms with E-state index in [1.54, 1.807) is 6.07 Å². The van der Waals surface area contributed by atoms with Crippen LogP contribution in [-0.2, 0) is 0 Å². The maximum atomic E-state index is 11.2. The lowest BCUT2D eigenvalue weighted by Gasteiger charge is -1.99. The van der Waals surface area contributed by atoms with Gasteiger partial charge in [-0.15, -0.1) is 0 Å². The minimum Gasteiger partial charge on any atom is -0.319 e. The van der Waals surface area contributed by atoms with E-state index in [0.29, 0.717) is 5.52 Å². The predicted octanol–water partition coefficient (Wildman–Crippen LogP) is 1.14. The number of fused-ring (bicyclic) bond motifs is 1. The monoisotopic (exact) mass is 205 g/mol. The number of hydrogen-bond acceptors (Lipinski definition) is 4. The third-order valence-corrected chi connectivity index (χ3v) is 2.07. The van der Waals surface area contributed by atoms with Crippen LogP contribution in [0.2, 0.25) is 0 Å². The van der Waals surface area contributed by atoms with Crippen molar-refractivity contribution < 1.29 is 4.92 Å². The number of hydrogen-bond donors (Lipinski definition) is 1. The van der Waals surface area contributed by atoms with Gasteiger partial charge in [0.25, 0.3) is 11.2 Å². The van der Waals surface area contributed by atoms with E-state index in [2.05, 4.69) is 9.97 Å². The number of aromatic nitrogens is 2. The number of nitrogens with zero attached hydrogens (tertiary/aromatic N) is 2. The maximum Gasteiger partial charge on any atom is 0.296 e. The highest BCUT2D eigenvalue weighted by Gasteiger charge is 2.13. The minimum absolute atomic E-state index is 0.105. The van der Waals surface area contributed by atoms with E-state index in [1.165, 1.54) is 19.1 Å². The maximum absolute atomic E-state index is 11.2. The van der Waals surface area contributed by atoms with Gasteiger partial charge in [-0.05, 0) is 13.0 Å². The number of aromatic amines is 1. The fraction of sp³-hybridized carbons (Fsp3) is 0.111. The highest BCUT2D eigenvalue weighted by Crippen LogP contribution is 2.20. The minimum atomic E-state index is -0.521. The molecular weight excluding hydrogens is 198 g/mol. The smallest absolute Gasteiger partial charge is 0.296 e. The van der Waals surface area contributed by atoms with Gasteiger partial charge in [0.2, 0.25) is 0 Å². The summed E-state index contributed by atoms with van der Waals surface area (Å²) in [7, 11) is 0. The number of H-pyrrole nitrogens is 1. The molecule has 0 fully saturated rings. The summed E-state index contributed by atoms with van der Waals surface area (Å²) in [6.07, 6.45) is 0. The summed E-state index contributed by atoms with van der Waals surface area (Å²) >= 11 is 0. The van der Waals surface area contributed by atoms with Gasteiger partial charge in [0.1, 0.15) is 5.69 Å². The van der Waals surface area contributed by atoms with Crippen LogP contribution >= 0.6 is 0 Å². The van der Waals surface area contributed by atoms with Crippen molar-refractivity contribution in [2.75, 3.05) is 0 Å². The molecule has 0 spiro atoms. The Hall–Kier alpha value is -2.24. The van der Waals surface area contributed by atoms with Crippen LogP contribution in [0, 0.1) is 17.0 Å². The third-order valence-electron chi connectivity index (χ3n) is 2.07. The number of nitro benzene ring substituents is 1. The normalized spacial score (nSPS) is 10.5. The lowest BCUT2D eigenvalue weighted by molar-refractivity contribution is -0.383. The van der Waals surface area contributed by atoms with Gasteiger partial charge in [-0.25, -0.2) is 4.98 Å². The summed E-state index contributed by atoms with van der Waals surface area (Å²) in [6.45, 7) is 1.51. The number of benzene rings is 1. The van der Waals surface area contributed by atoms with Crippen LogP contribution in [0.1, 0.15) is 5.69 Å². The van der Waals surface area contributed by atoms with Gasteiger partial charge in [0.15, 0.2) is 5.52 Å². The molecular formula is C9H7N3O3. The molecule has 0 amide bonds. The molecule has 76 valence electrons. The molecule has 2 aromatic rings. The number of aryl methyl sites for hydroxylation is 1. The van der Waals surface area contributed by atoms with Gasteiger partial charge in [0, 0.05) is 6.07 Å². The first-order valence-electron chi connectivity index (χ1n) is 4.23. The van der Waals surface area contributed by atoms with Gasteiger partial charge in [0.05, 0.1) is 10.4 Å². The Bertz CT molecular complexity index is 603. The molecule has 1 N–H and O–H groups in total. The molecule has 0 aliphatic carbocycles. The van der Waals surface area contributed by atoms with Crippen molar-refractivity contribution in [2.45, 2.75) is 6.92 Å². The third kappa shape index (κ3) is 1.45. The lowest BCUT2D eigenvalue weighted by atomic mass is 10.2. The number of rotatable bonds is 1. The molecule has 1 heterocycles. The average molecular weight is 205 g/mol. The van der Waals surface area contributed by atoms with E-state index >= 15 is 0 Å². The molecule has 1 aromatic carbocycles. The first-order chi connectivity index (χ1) is 7.09. The highest BCUT2D eigenvalue weighted by molar-refractivity contribution is 5.83. The van der Waals surface area contributed by atoms with Crippen molar-refractivity contribution in [1.29, 1.82) is 0 Å². The molecule has 6 nitrogen and oxygen atoms in total. The second kappa shape index (κ2) is 3.16. The summed E-state index contributed by atoms with van der Waals surface area (Å²) < 4.78 is 0. The standard InChI is InChI=1S/C9H7N3O3/c1-5-9(13)11-6-3-2-4-7(12(14)15)8(6)10-5/h2-4H,1H3,(H,11,13). The topological polar surface area (TPSA) is 88.9 Å². The van der Waals surface area contributed by atoms with Crippen molar-refractivity contribution in [3.05, 3.63) is 44.4 Å². The first kappa shape index (κ1) is 9.32. The van der Waals surface area contributed by atoms with Crippen LogP contribution in [0.25, 0.3) is 11.0 Å². The summed E-state index contributed by atoms with van der Waals surface area (Å²) in [5.74, 6) is 0. The molecule has 0 aliphatic rings. The largest absolute Gasteiger partial charge is 0.319 e. The molecule has 0 saturated carbocycles. The van der Waals surface area contributed by atoms with Crippen LogP contribution in [0.4, 0.5) is 5.69 Å². The Balaban J connectivity index is 2.92. The molecule has 1 aromatic heterocycles. The molecule has 15 heavy (non-hydrogen) atoms. The van der Waals surface area contributed by atoms with E-state index in [-0.39, 0.29) is 22.5 Å². The average Bonchev–Trinajstić information content (AvgIpc) is 2.18. The first-order valence-corrected chi connectivity index (χ1v) is 4.23. The molecule has 0 radical (unpaired) electrons. The fourth-order valence-corrected chi connectivity index (χ4v) is 1.33. The number of para-hydroxylation sites is 1. The zero-order chi connectivity index (χ0) is 11.0.